The van der Waals surface area contributed by atoms with Crippen LogP contribution in [0, 0.1) is 11.8 Å². The summed E-state index contributed by atoms with van der Waals surface area (Å²) in [7, 11) is 0. The van der Waals surface area contributed by atoms with Gasteiger partial charge in [0.2, 0.25) is 0 Å². The first-order valence-corrected chi connectivity index (χ1v) is 10.8. The van der Waals surface area contributed by atoms with E-state index in [-0.39, 0.29) is 12.1 Å². The Morgan fingerprint density at radius 1 is 1.22 bits per heavy atom. The molecule has 0 bridgehead atoms. The van der Waals surface area contributed by atoms with Crippen LogP contribution in [0.1, 0.15) is 66.7 Å². The summed E-state index contributed by atoms with van der Waals surface area (Å²) in [5, 5.41) is 3.62. The maximum Gasteiger partial charge on any atom is 0.410 e. The fourth-order valence-electron chi connectivity index (χ4n) is 3.74. The van der Waals surface area contributed by atoms with Gasteiger partial charge in [0.05, 0.1) is 0 Å². The van der Waals surface area contributed by atoms with E-state index in [9.17, 15) is 4.79 Å². The largest absolute Gasteiger partial charge is 0.444 e. The first kappa shape index (κ1) is 20.3. The van der Waals surface area contributed by atoms with Gasteiger partial charge in [0.25, 0.3) is 0 Å². The highest BCUT2D eigenvalue weighted by atomic mass is 16.6. The van der Waals surface area contributed by atoms with E-state index in [0.29, 0.717) is 12.0 Å². The number of hydrogen-bond acceptors (Lipinski definition) is 3. The Bertz CT molecular complexity index is 545. The van der Waals surface area contributed by atoms with Crippen molar-refractivity contribution in [3.05, 3.63) is 0 Å². The predicted octanol–water partition coefficient (Wildman–Crippen LogP) is 3.47. The van der Waals surface area contributed by atoms with Crippen molar-refractivity contribution >= 4 is 12.1 Å². The Morgan fingerprint density at radius 2 is 1.85 bits per heavy atom. The molecule has 2 atom stereocenters. The molecule has 3 fully saturated rings. The molecule has 1 N–H and O–H groups in total. The van der Waals surface area contributed by atoms with E-state index in [1.54, 1.807) is 0 Å². The number of ether oxygens (including phenoxy) is 1. The van der Waals surface area contributed by atoms with Crippen molar-refractivity contribution in [1.29, 1.82) is 0 Å². The minimum atomic E-state index is -0.439. The van der Waals surface area contributed by atoms with Crippen molar-refractivity contribution < 1.29 is 9.53 Å². The minimum Gasteiger partial charge on any atom is -0.444 e. The molecule has 1 heterocycles. The SMILES string of the molecule is CCN=C(NC1CC1C)N1CCC(N(CC2CC2)C(=O)OC(C)(C)C)CC1. The predicted molar refractivity (Wildman–Crippen MR) is 109 cm³/mol. The monoisotopic (exact) mass is 378 g/mol. The minimum absolute atomic E-state index is 0.139. The van der Waals surface area contributed by atoms with Crippen LogP contribution in [-0.2, 0) is 4.74 Å². The van der Waals surface area contributed by atoms with Gasteiger partial charge in [-0.1, -0.05) is 6.92 Å². The molecule has 6 heteroatoms. The first-order valence-electron chi connectivity index (χ1n) is 10.8. The van der Waals surface area contributed by atoms with E-state index < -0.39 is 5.60 Å². The van der Waals surface area contributed by atoms with E-state index in [4.69, 9.17) is 9.73 Å². The Balaban J connectivity index is 1.57. The number of amides is 1. The van der Waals surface area contributed by atoms with Crippen molar-refractivity contribution in [2.45, 2.75) is 84.4 Å². The normalized spacial score (nSPS) is 26.7. The molecule has 1 aliphatic heterocycles. The molecular weight excluding hydrogens is 340 g/mol. The summed E-state index contributed by atoms with van der Waals surface area (Å²) >= 11 is 0. The van der Waals surface area contributed by atoms with Crippen molar-refractivity contribution in [3.63, 3.8) is 0 Å². The van der Waals surface area contributed by atoms with E-state index in [1.807, 2.05) is 25.7 Å². The quantitative estimate of drug-likeness (QED) is 0.588. The zero-order valence-electron chi connectivity index (χ0n) is 17.8. The molecule has 27 heavy (non-hydrogen) atoms. The molecule has 2 aliphatic carbocycles. The third-order valence-corrected chi connectivity index (χ3v) is 5.72. The van der Waals surface area contributed by atoms with Crippen LogP contribution in [0.25, 0.3) is 0 Å². The summed E-state index contributed by atoms with van der Waals surface area (Å²) in [4.78, 5) is 21.9. The molecule has 154 valence electrons. The zero-order chi connectivity index (χ0) is 19.6. The second kappa shape index (κ2) is 8.27. The van der Waals surface area contributed by atoms with Gasteiger partial charge in [0.15, 0.2) is 5.96 Å². The lowest BCUT2D eigenvalue weighted by Crippen LogP contribution is -2.53. The zero-order valence-corrected chi connectivity index (χ0v) is 17.8. The van der Waals surface area contributed by atoms with Crippen molar-refractivity contribution in [3.8, 4) is 0 Å². The smallest absolute Gasteiger partial charge is 0.410 e. The van der Waals surface area contributed by atoms with Crippen LogP contribution >= 0.6 is 0 Å². The Labute approximate surface area is 164 Å². The number of likely N-dealkylation sites (tertiary alicyclic amines) is 1. The number of carbonyl (C=O) groups is 1. The van der Waals surface area contributed by atoms with Crippen LogP contribution in [0.3, 0.4) is 0 Å². The highest BCUT2D eigenvalue weighted by molar-refractivity contribution is 5.80. The standard InChI is InChI=1S/C21H38N4O2/c1-6-22-19(23-18-13-15(18)2)24-11-9-17(10-12-24)25(14-16-7-8-16)20(26)27-21(3,4)5/h15-18H,6-14H2,1-5H3,(H,22,23). The second-order valence-corrected chi connectivity index (χ2v) is 9.56. The number of aliphatic imine (C=N–C) groups is 1. The Morgan fingerprint density at radius 3 is 2.33 bits per heavy atom. The summed E-state index contributed by atoms with van der Waals surface area (Å²) in [5.41, 5.74) is -0.439. The highest BCUT2D eigenvalue weighted by Gasteiger charge is 2.37. The lowest BCUT2D eigenvalue weighted by atomic mass is 10.0. The molecule has 0 aromatic heterocycles. The molecule has 2 unspecified atom stereocenters. The van der Waals surface area contributed by atoms with Crippen LogP contribution < -0.4 is 5.32 Å². The van der Waals surface area contributed by atoms with E-state index in [2.05, 4.69) is 24.1 Å². The van der Waals surface area contributed by atoms with Gasteiger partial charge in [-0.25, -0.2) is 4.79 Å². The average Bonchev–Trinajstić information content (AvgIpc) is 3.50. The van der Waals surface area contributed by atoms with Gasteiger partial charge < -0.3 is 19.9 Å². The van der Waals surface area contributed by atoms with Crippen LogP contribution in [0.15, 0.2) is 4.99 Å². The van der Waals surface area contributed by atoms with Crippen molar-refractivity contribution in [2.24, 2.45) is 16.8 Å². The van der Waals surface area contributed by atoms with E-state index in [0.717, 1.165) is 50.9 Å². The summed E-state index contributed by atoms with van der Waals surface area (Å²) in [6.45, 7) is 13.8. The summed E-state index contributed by atoms with van der Waals surface area (Å²) in [5.74, 6) is 2.48. The molecule has 0 aromatic carbocycles. The van der Waals surface area contributed by atoms with Crippen molar-refractivity contribution in [2.75, 3.05) is 26.2 Å². The maximum atomic E-state index is 12.8. The molecule has 1 saturated heterocycles. The van der Waals surface area contributed by atoms with Gasteiger partial charge in [-0.2, -0.15) is 0 Å². The van der Waals surface area contributed by atoms with Gasteiger partial charge in [-0.3, -0.25) is 4.99 Å². The number of nitrogens with zero attached hydrogens (tertiary/aromatic N) is 3. The fourth-order valence-corrected chi connectivity index (χ4v) is 3.74. The number of nitrogens with one attached hydrogen (secondary N) is 1. The van der Waals surface area contributed by atoms with Crippen LogP contribution in [0.2, 0.25) is 0 Å². The average molecular weight is 379 g/mol. The molecule has 3 aliphatic rings. The number of rotatable bonds is 5. The Kier molecular flexibility index (Phi) is 6.21. The fraction of sp³-hybridized carbons (Fsp3) is 0.905. The summed E-state index contributed by atoms with van der Waals surface area (Å²) in [6.07, 6.45) is 5.56. The van der Waals surface area contributed by atoms with Crippen LogP contribution in [0.4, 0.5) is 4.79 Å². The number of guanidine groups is 1. The molecule has 3 rings (SSSR count). The Hall–Kier alpha value is -1.46. The first-order chi connectivity index (χ1) is 12.8. The number of carbonyl (C=O) groups excluding carboxylic acids is 1. The van der Waals surface area contributed by atoms with E-state index >= 15 is 0 Å². The van der Waals surface area contributed by atoms with Gasteiger partial charge in [-0.15, -0.1) is 0 Å². The summed E-state index contributed by atoms with van der Waals surface area (Å²) in [6, 6.07) is 0.862. The molecular formula is C21H38N4O2. The number of hydrogen-bond donors (Lipinski definition) is 1. The van der Waals surface area contributed by atoms with Gasteiger partial charge in [0.1, 0.15) is 5.60 Å². The number of piperidine rings is 1. The van der Waals surface area contributed by atoms with Gasteiger partial charge in [0, 0.05) is 38.3 Å². The summed E-state index contributed by atoms with van der Waals surface area (Å²) < 4.78 is 5.70. The van der Waals surface area contributed by atoms with Crippen LogP contribution in [0.5, 0.6) is 0 Å². The van der Waals surface area contributed by atoms with Crippen molar-refractivity contribution in [1.82, 2.24) is 15.1 Å². The molecule has 2 saturated carbocycles. The molecule has 0 aromatic rings. The molecule has 0 spiro atoms. The lowest BCUT2D eigenvalue weighted by molar-refractivity contribution is 0.00928. The highest BCUT2D eigenvalue weighted by Crippen LogP contribution is 2.33. The topological polar surface area (TPSA) is 57.2 Å². The van der Waals surface area contributed by atoms with E-state index in [1.165, 1.54) is 19.3 Å². The van der Waals surface area contributed by atoms with Gasteiger partial charge in [-0.05, 0) is 71.6 Å². The molecule has 6 nitrogen and oxygen atoms in total. The molecule has 1 amide bonds. The molecule has 0 radical (unpaired) electrons. The lowest BCUT2D eigenvalue weighted by Gasteiger charge is -2.40. The maximum absolute atomic E-state index is 12.8. The van der Waals surface area contributed by atoms with Crippen LogP contribution in [-0.4, -0.2) is 65.7 Å². The van der Waals surface area contributed by atoms with Gasteiger partial charge >= 0.3 is 6.09 Å². The third kappa shape index (κ3) is 6.01. The second-order valence-electron chi connectivity index (χ2n) is 9.56. The third-order valence-electron chi connectivity index (χ3n) is 5.72.